The highest BCUT2D eigenvalue weighted by Gasteiger charge is 2.17. The molecule has 98 valence electrons. The van der Waals surface area contributed by atoms with E-state index in [0.717, 1.165) is 4.90 Å². The average molecular weight is 274 g/mol. The average Bonchev–Trinajstić information content (AvgIpc) is 2.87. The smallest absolute Gasteiger partial charge is 0.227 e. The number of hydrogen-bond acceptors (Lipinski definition) is 4. The van der Waals surface area contributed by atoms with Crippen molar-refractivity contribution in [3.63, 3.8) is 0 Å². The van der Waals surface area contributed by atoms with Gasteiger partial charge in [0, 0.05) is 23.5 Å². The predicted octanol–water partition coefficient (Wildman–Crippen LogP) is 2.44. The van der Waals surface area contributed by atoms with Crippen LogP contribution in [0.4, 0.5) is 0 Å². The SMILES string of the molecule is N#CC1=C(NC(=O)CCSc2ccccc2)OCC1. The third kappa shape index (κ3) is 4.04. The number of nitrogens with one attached hydrogen (secondary N) is 1. The second-order valence-electron chi connectivity index (χ2n) is 3.98. The molecule has 0 fully saturated rings. The van der Waals surface area contributed by atoms with Crippen molar-refractivity contribution in [2.24, 2.45) is 0 Å². The second kappa shape index (κ2) is 6.86. The van der Waals surface area contributed by atoms with Crippen molar-refractivity contribution in [2.75, 3.05) is 12.4 Å². The molecule has 0 atom stereocenters. The van der Waals surface area contributed by atoms with Crippen molar-refractivity contribution < 1.29 is 9.53 Å². The Kier molecular flexibility index (Phi) is 4.87. The minimum absolute atomic E-state index is 0.118. The van der Waals surface area contributed by atoms with Gasteiger partial charge in [-0.1, -0.05) is 18.2 Å². The minimum atomic E-state index is -0.118. The Bertz CT molecular complexity index is 520. The molecule has 0 bridgehead atoms. The fourth-order valence-electron chi connectivity index (χ4n) is 1.64. The van der Waals surface area contributed by atoms with Crippen LogP contribution in [0.1, 0.15) is 12.8 Å². The van der Waals surface area contributed by atoms with E-state index in [2.05, 4.69) is 5.32 Å². The van der Waals surface area contributed by atoms with Crippen LogP contribution in [0.5, 0.6) is 0 Å². The summed E-state index contributed by atoms with van der Waals surface area (Å²) >= 11 is 1.63. The molecule has 1 heterocycles. The Balaban J connectivity index is 1.75. The number of benzene rings is 1. The fraction of sp³-hybridized carbons (Fsp3) is 0.286. The first kappa shape index (κ1) is 13.5. The van der Waals surface area contributed by atoms with Crippen LogP contribution in [0, 0.1) is 11.3 Å². The van der Waals surface area contributed by atoms with E-state index >= 15 is 0 Å². The highest BCUT2D eigenvalue weighted by atomic mass is 32.2. The zero-order valence-electron chi connectivity index (χ0n) is 10.4. The molecule has 1 amide bonds. The number of thioether (sulfide) groups is 1. The van der Waals surface area contributed by atoms with Crippen LogP contribution in [-0.4, -0.2) is 18.3 Å². The lowest BCUT2D eigenvalue weighted by atomic mass is 10.2. The molecule has 0 radical (unpaired) electrons. The number of carbonyl (C=O) groups is 1. The lowest BCUT2D eigenvalue weighted by molar-refractivity contribution is -0.120. The summed E-state index contributed by atoms with van der Waals surface area (Å²) < 4.78 is 5.21. The van der Waals surface area contributed by atoms with E-state index in [4.69, 9.17) is 10.00 Å². The van der Waals surface area contributed by atoms with Gasteiger partial charge < -0.3 is 4.74 Å². The molecule has 0 saturated heterocycles. The number of rotatable bonds is 5. The standard InChI is InChI=1S/C14H14N2O2S/c15-10-11-6-8-18-14(11)16-13(17)7-9-19-12-4-2-1-3-5-12/h1-5H,6-9H2,(H,16,17). The van der Waals surface area contributed by atoms with Crippen molar-refractivity contribution in [3.05, 3.63) is 41.8 Å². The van der Waals surface area contributed by atoms with Crippen LogP contribution in [0.2, 0.25) is 0 Å². The van der Waals surface area contributed by atoms with Gasteiger partial charge in [-0.05, 0) is 12.1 Å². The normalized spacial score (nSPS) is 13.8. The van der Waals surface area contributed by atoms with E-state index in [-0.39, 0.29) is 5.91 Å². The molecule has 4 nitrogen and oxygen atoms in total. The third-order valence-electron chi connectivity index (χ3n) is 2.60. The summed E-state index contributed by atoms with van der Waals surface area (Å²) in [4.78, 5) is 12.8. The molecule has 0 spiro atoms. The van der Waals surface area contributed by atoms with Crippen molar-refractivity contribution in [2.45, 2.75) is 17.7 Å². The summed E-state index contributed by atoms with van der Waals surface area (Å²) in [5, 5.41) is 11.5. The van der Waals surface area contributed by atoms with Gasteiger partial charge in [0.25, 0.3) is 0 Å². The van der Waals surface area contributed by atoms with Gasteiger partial charge in [-0.15, -0.1) is 11.8 Å². The molecule has 1 aliphatic heterocycles. The zero-order valence-corrected chi connectivity index (χ0v) is 11.2. The third-order valence-corrected chi connectivity index (χ3v) is 3.62. The molecule has 2 rings (SSSR count). The molecule has 0 aliphatic carbocycles. The Morgan fingerprint density at radius 1 is 1.42 bits per heavy atom. The van der Waals surface area contributed by atoms with E-state index < -0.39 is 0 Å². The second-order valence-corrected chi connectivity index (χ2v) is 5.15. The van der Waals surface area contributed by atoms with Gasteiger partial charge in [-0.3, -0.25) is 10.1 Å². The van der Waals surface area contributed by atoms with Crippen LogP contribution < -0.4 is 5.32 Å². The molecule has 1 aliphatic rings. The molecular formula is C14H14N2O2S. The molecule has 1 aromatic carbocycles. The number of amides is 1. The van der Waals surface area contributed by atoms with E-state index in [0.29, 0.717) is 36.7 Å². The van der Waals surface area contributed by atoms with Crippen LogP contribution in [0.3, 0.4) is 0 Å². The van der Waals surface area contributed by atoms with E-state index in [9.17, 15) is 4.79 Å². The van der Waals surface area contributed by atoms with Crippen molar-refractivity contribution in [1.82, 2.24) is 5.32 Å². The molecule has 0 saturated carbocycles. The molecule has 1 N–H and O–H groups in total. The van der Waals surface area contributed by atoms with Gasteiger partial charge >= 0.3 is 0 Å². The van der Waals surface area contributed by atoms with Gasteiger partial charge in [0.05, 0.1) is 12.2 Å². The Labute approximate surface area is 116 Å². The number of nitriles is 1. The monoisotopic (exact) mass is 274 g/mol. The Morgan fingerprint density at radius 2 is 2.21 bits per heavy atom. The maximum Gasteiger partial charge on any atom is 0.227 e. The summed E-state index contributed by atoms with van der Waals surface area (Å²) in [6, 6.07) is 12.0. The summed E-state index contributed by atoms with van der Waals surface area (Å²) in [6.45, 7) is 0.470. The maximum absolute atomic E-state index is 11.7. The first-order valence-corrected chi connectivity index (χ1v) is 7.02. The number of nitrogens with zero attached hydrogens (tertiary/aromatic N) is 1. The first-order chi connectivity index (χ1) is 9.29. The lowest BCUT2D eigenvalue weighted by Crippen LogP contribution is -2.23. The van der Waals surface area contributed by atoms with Crippen LogP contribution in [0.25, 0.3) is 0 Å². The summed E-state index contributed by atoms with van der Waals surface area (Å²) in [7, 11) is 0. The highest BCUT2D eigenvalue weighted by Crippen LogP contribution is 2.19. The lowest BCUT2D eigenvalue weighted by Gasteiger charge is -2.06. The number of carbonyl (C=O) groups excluding carboxylic acids is 1. The Hall–Kier alpha value is -1.93. The van der Waals surface area contributed by atoms with Crippen LogP contribution >= 0.6 is 11.8 Å². The summed E-state index contributed by atoms with van der Waals surface area (Å²) in [6.07, 6.45) is 0.968. The Morgan fingerprint density at radius 3 is 2.95 bits per heavy atom. The summed E-state index contributed by atoms with van der Waals surface area (Å²) in [5.41, 5.74) is 0.518. The molecule has 0 aromatic heterocycles. The van der Waals surface area contributed by atoms with Crippen LogP contribution in [0.15, 0.2) is 46.7 Å². The molecule has 5 heteroatoms. The van der Waals surface area contributed by atoms with Crippen molar-refractivity contribution >= 4 is 17.7 Å². The topological polar surface area (TPSA) is 62.1 Å². The molecule has 19 heavy (non-hydrogen) atoms. The van der Waals surface area contributed by atoms with Crippen molar-refractivity contribution in [1.29, 1.82) is 5.26 Å². The quantitative estimate of drug-likeness (QED) is 0.838. The first-order valence-electron chi connectivity index (χ1n) is 6.03. The van der Waals surface area contributed by atoms with E-state index in [1.807, 2.05) is 36.4 Å². The molecular weight excluding hydrogens is 260 g/mol. The zero-order chi connectivity index (χ0) is 13.5. The summed E-state index contributed by atoms with van der Waals surface area (Å²) in [5.74, 6) is 0.913. The van der Waals surface area contributed by atoms with Crippen molar-refractivity contribution in [3.8, 4) is 6.07 Å². The van der Waals surface area contributed by atoms with Gasteiger partial charge in [0.2, 0.25) is 11.8 Å². The number of ether oxygens (including phenoxy) is 1. The molecule has 1 aromatic rings. The van der Waals surface area contributed by atoms with Gasteiger partial charge in [0.15, 0.2) is 0 Å². The predicted molar refractivity (Wildman–Crippen MR) is 73.1 cm³/mol. The van der Waals surface area contributed by atoms with Gasteiger partial charge in [-0.2, -0.15) is 5.26 Å². The van der Waals surface area contributed by atoms with Crippen LogP contribution in [-0.2, 0) is 9.53 Å². The van der Waals surface area contributed by atoms with E-state index in [1.165, 1.54) is 0 Å². The number of hydrogen-bond donors (Lipinski definition) is 1. The molecule has 0 unspecified atom stereocenters. The van der Waals surface area contributed by atoms with Gasteiger partial charge in [0.1, 0.15) is 6.07 Å². The fourth-order valence-corrected chi connectivity index (χ4v) is 2.51. The van der Waals surface area contributed by atoms with Gasteiger partial charge in [-0.25, -0.2) is 0 Å². The minimum Gasteiger partial charge on any atom is -0.478 e. The van der Waals surface area contributed by atoms with E-state index in [1.54, 1.807) is 11.8 Å². The highest BCUT2D eigenvalue weighted by molar-refractivity contribution is 7.99. The largest absolute Gasteiger partial charge is 0.478 e. The maximum atomic E-state index is 11.7.